The van der Waals surface area contributed by atoms with Crippen LogP contribution in [0.2, 0.25) is 0 Å². The molecule has 1 aromatic heterocycles. The van der Waals surface area contributed by atoms with Crippen LogP contribution in [-0.2, 0) is 4.74 Å². The molecule has 7 nitrogen and oxygen atoms in total. The molecule has 0 unspecified atom stereocenters. The number of ether oxygens (including phenoxy) is 1. The van der Waals surface area contributed by atoms with Crippen molar-refractivity contribution in [2.45, 2.75) is 17.6 Å². The summed E-state index contributed by atoms with van der Waals surface area (Å²) in [6, 6.07) is 8.54. The van der Waals surface area contributed by atoms with E-state index in [9.17, 15) is 13.6 Å². The minimum absolute atomic E-state index is 0.212. The Morgan fingerprint density at radius 1 is 1.00 bits per heavy atom. The van der Waals surface area contributed by atoms with Gasteiger partial charge in [-0.2, -0.15) is 8.78 Å². The maximum absolute atomic E-state index is 13.0. The van der Waals surface area contributed by atoms with E-state index in [1.807, 2.05) is 13.0 Å². The van der Waals surface area contributed by atoms with Gasteiger partial charge in [0.1, 0.15) is 17.5 Å². The average Bonchev–Trinajstić information content (AvgIpc) is 2.79. The highest BCUT2D eigenvalue weighted by Gasteiger charge is 2.26. The summed E-state index contributed by atoms with van der Waals surface area (Å²) in [5.41, 5.74) is 0.328. The molecule has 0 aliphatic carbocycles. The number of hydrogen-bond acceptors (Lipinski definition) is 7. The van der Waals surface area contributed by atoms with E-state index in [2.05, 4.69) is 19.8 Å². The molecule has 2 aliphatic heterocycles. The molecule has 31 heavy (non-hydrogen) atoms. The Kier molecular flexibility index (Phi) is 6.86. The van der Waals surface area contributed by atoms with Crippen LogP contribution in [0, 0.1) is 6.92 Å². The number of nitrogens with zero attached hydrogens (tertiary/aromatic N) is 5. The Balaban J connectivity index is 1.43. The molecular weight excluding hydrogens is 424 g/mol. The highest BCUT2D eigenvalue weighted by molar-refractivity contribution is 7.99. The van der Waals surface area contributed by atoms with Gasteiger partial charge in [-0.3, -0.25) is 4.79 Å². The fraction of sp³-hybridized carbons (Fsp3) is 0.476. The first kappa shape index (κ1) is 21.8. The number of aryl methyl sites for hydroxylation is 1. The van der Waals surface area contributed by atoms with Gasteiger partial charge in [0, 0.05) is 50.2 Å². The number of alkyl halides is 2. The summed E-state index contributed by atoms with van der Waals surface area (Å²) in [5, 5.41) is 0. The van der Waals surface area contributed by atoms with Crippen LogP contribution in [0.15, 0.2) is 35.2 Å². The highest BCUT2D eigenvalue weighted by atomic mass is 32.2. The highest BCUT2D eigenvalue weighted by Crippen LogP contribution is 2.29. The Labute approximate surface area is 184 Å². The summed E-state index contributed by atoms with van der Waals surface area (Å²) in [7, 11) is 0. The standard InChI is InChI=1S/C21H25F2N5O2S/c1-15-24-18(14-19(25-15)27-10-12-30-13-11-27)26-6-8-28(9-7-26)20(29)16-4-2-3-5-17(16)31-21(22)23/h2-5,14,21H,6-13H2,1H3. The van der Waals surface area contributed by atoms with Crippen molar-refractivity contribution in [3.8, 4) is 0 Å². The number of anilines is 2. The number of amides is 1. The van der Waals surface area contributed by atoms with E-state index in [1.54, 1.807) is 29.2 Å². The predicted octanol–water partition coefficient (Wildman–Crippen LogP) is 2.90. The van der Waals surface area contributed by atoms with Crippen molar-refractivity contribution in [3.63, 3.8) is 0 Å². The van der Waals surface area contributed by atoms with Crippen molar-refractivity contribution >= 4 is 29.3 Å². The van der Waals surface area contributed by atoms with E-state index in [4.69, 9.17) is 4.74 Å². The number of thioether (sulfide) groups is 1. The van der Waals surface area contributed by atoms with Crippen LogP contribution in [-0.4, -0.2) is 79.0 Å². The van der Waals surface area contributed by atoms with Crippen LogP contribution in [0.25, 0.3) is 0 Å². The molecule has 0 N–H and O–H groups in total. The van der Waals surface area contributed by atoms with Crippen LogP contribution >= 0.6 is 11.8 Å². The molecule has 3 heterocycles. The van der Waals surface area contributed by atoms with Crippen LogP contribution in [0.1, 0.15) is 16.2 Å². The molecule has 0 spiro atoms. The Morgan fingerprint density at radius 2 is 1.61 bits per heavy atom. The monoisotopic (exact) mass is 449 g/mol. The first-order chi connectivity index (χ1) is 15.0. The maximum atomic E-state index is 13.0. The lowest BCUT2D eigenvalue weighted by atomic mass is 10.2. The first-order valence-corrected chi connectivity index (χ1v) is 11.2. The third-order valence-corrected chi connectivity index (χ3v) is 6.16. The number of piperazine rings is 1. The van der Waals surface area contributed by atoms with Gasteiger partial charge < -0.3 is 19.4 Å². The third-order valence-electron chi connectivity index (χ3n) is 5.37. The number of morpholine rings is 1. The molecule has 2 aliphatic rings. The van der Waals surface area contributed by atoms with Crippen molar-refractivity contribution < 1.29 is 18.3 Å². The molecule has 0 bridgehead atoms. The molecule has 0 saturated carbocycles. The minimum atomic E-state index is -2.56. The topological polar surface area (TPSA) is 61.8 Å². The van der Waals surface area contributed by atoms with Gasteiger partial charge in [-0.1, -0.05) is 23.9 Å². The van der Waals surface area contributed by atoms with Crippen molar-refractivity contribution in [1.82, 2.24) is 14.9 Å². The van der Waals surface area contributed by atoms with E-state index in [-0.39, 0.29) is 5.91 Å². The number of rotatable bonds is 5. The summed E-state index contributed by atoms with van der Waals surface area (Å²) in [5.74, 6) is -0.337. The average molecular weight is 450 g/mol. The van der Waals surface area contributed by atoms with Crippen LogP contribution in [0.4, 0.5) is 20.4 Å². The molecule has 2 aromatic rings. The van der Waals surface area contributed by atoms with Gasteiger partial charge in [0.05, 0.1) is 18.8 Å². The summed E-state index contributed by atoms with van der Waals surface area (Å²) in [6.07, 6.45) is 0. The lowest BCUT2D eigenvalue weighted by Crippen LogP contribution is -2.49. The van der Waals surface area contributed by atoms with Crippen LogP contribution in [0.5, 0.6) is 0 Å². The molecule has 0 radical (unpaired) electrons. The van der Waals surface area contributed by atoms with E-state index in [0.29, 0.717) is 67.4 Å². The van der Waals surface area contributed by atoms with Gasteiger partial charge in [-0.25, -0.2) is 9.97 Å². The zero-order valence-corrected chi connectivity index (χ0v) is 18.2. The Morgan fingerprint density at radius 3 is 2.26 bits per heavy atom. The van der Waals surface area contributed by atoms with E-state index < -0.39 is 5.76 Å². The lowest BCUT2D eigenvalue weighted by molar-refractivity contribution is 0.0743. The number of carbonyl (C=O) groups is 1. The number of aromatic nitrogens is 2. The smallest absolute Gasteiger partial charge is 0.288 e. The zero-order chi connectivity index (χ0) is 21.8. The molecule has 4 rings (SSSR count). The molecule has 10 heteroatoms. The van der Waals surface area contributed by atoms with Gasteiger partial charge in [-0.15, -0.1) is 0 Å². The van der Waals surface area contributed by atoms with Gasteiger partial charge in [0.2, 0.25) is 0 Å². The van der Waals surface area contributed by atoms with Gasteiger partial charge in [0.25, 0.3) is 11.7 Å². The normalized spacial score (nSPS) is 17.4. The summed E-state index contributed by atoms with van der Waals surface area (Å²) >= 11 is 0.410. The second-order valence-electron chi connectivity index (χ2n) is 7.38. The van der Waals surface area contributed by atoms with Crippen LogP contribution < -0.4 is 9.80 Å². The number of carbonyl (C=O) groups excluding carboxylic acids is 1. The van der Waals surface area contributed by atoms with E-state index >= 15 is 0 Å². The molecule has 0 atom stereocenters. The number of halogens is 2. The largest absolute Gasteiger partial charge is 0.378 e. The SMILES string of the molecule is Cc1nc(N2CCOCC2)cc(N2CCN(C(=O)c3ccccc3SC(F)F)CC2)n1. The fourth-order valence-electron chi connectivity index (χ4n) is 3.80. The maximum Gasteiger partial charge on any atom is 0.288 e. The molecule has 166 valence electrons. The van der Waals surface area contributed by atoms with E-state index in [1.165, 1.54) is 0 Å². The van der Waals surface area contributed by atoms with Crippen molar-refractivity contribution in [1.29, 1.82) is 0 Å². The zero-order valence-electron chi connectivity index (χ0n) is 17.3. The minimum Gasteiger partial charge on any atom is -0.378 e. The molecule has 2 saturated heterocycles. The van der Waals surface area contributed by atoms with E-state index in [0.717, 1.165) is 24.7 Å². The number of hydrogen-bond donors (Lipinski definition) is 0. The Hall–Kier alpha value is -2.46. The number of benzene rings is 1. The van der Waals surface area contributed by atoms with Gasteiger partial charge in [0.15, 0.2) is 0 Å². The lowest BCUT2D eigenvalue weighted by Gasteiger charge is -2.36. The van der Waals surface area contributed by atoms with Crippen LogP contribution in [0.3, 0.4) is 0 Å². The quantitative estimate of drug-likeness (QED) is 0.651. The van der Waals surface area contributed by atoms with Crippen molar-refractivity contribution in [2.75, 3.05) is 62.3 Å². The summed E-state index contributed by atoms with van der Waals surface area (Å²) in [4.78, 5) is 28.5. The second kappa shape index (κ2) is 9.78. The molecular formula is C21H25F2N5O2S. The second-order valence-corrected chi connectivity index (χ2v) is 8.42. The molecule has 1 amide bonds. The molecule has 1 aromatic carbocycles. The summed E-state index contributed by atoms with van der Waals surface area (Å²) in [6.45, 7) is 7.09. The van der Waals surface area contributed by atoms with Crippen molar-refractivity contribution in [3.05, 3.63) is 41.7 Å². The fourth-order valence-corrected chi connectivity index (χ4v) is 4.44. The van der Waals surface area contributed by atoms with Gasteiger partial charge >= 0.3 is 0 Å². The first-order valence-electron chi connectivity index (χ1n) is 10.3. The van der Waals surface area contributed by atoms with Crippen molar-refractivity contribution in [2.24, 2.45) is 0 Å². The predicted molar refractivity (Wildman–Crippen MR) is 116 cm³/mol. The Bertz CT molecular complexity index is 918. The summed E-state index contributed by atoms with van der Waals surface area (Å²) < 4.78 is 31.1. The third kappa shape index (κ3) is 5.24. The molecule has 2 fully saturated rings. The van der Waals surface area contributed by atoms with Gasteiger partial charge in [-0.05, 0) is 19.1 Å².